The number of hydrogen-bond acceptors (Lipinski definition) is 3. The van der Waals surface area contributed by atoms with E-state index >= 15 is 0 Å². The third kappa shape index (κ3) is 4.51. The van der Waals surface area contributed by atoms with E-state index in [1.54, 1.807) is 6.92 Å². The van der Waals surface area contributed by atoms with Gasteiger partial charge in [-0.1, -0.05) is 5.92 Å². The minimum absolute atomic E-state index is 0.218. The van der Waals surface area contributed by atoms with Gasteiger partial charge in [0.05, 0.1) is 19.8 Å². The Hall–Kier alpha value is -1.25. The number of carbonyl (C=O) groups excluding carboxylic acids is 1. The molecule has 1 aliphatic rings. The standard InChI is InChI=1S/C11H18N2O3/c1-3-4-6-12-10(14)13-7-5-11(2)15-8-9-16-11/h5-9H2,1-2H3,(H2,12,13,14). The molecule has 5 heteroatoms. The second kappa shape index (κ2) is 6.36. The third-order valence-corrected chi connectivity index (χ3v) is 2.28. The number of nitrogens with one attached hydrogen (secondary N) is 2. The van der Waals surface area contributed by atoms with Gasteiger partial charge in [-0.2, -0.15) is 0 Å². The molecule has 0 aliphatic carbocycles. The van der Waals surface area contributed by atoms with Gasteiger partial charge in [-0.3, -0.25) is 0 Å². The van der Waals surface area contributed by atoms with Crippen molar-refractivity contribution in [3.8, 4) is 11.8 Å². The summed E-state index contributed by atoms with van der Waals surface area (Å²) >= 11 is 0. The van der Waals surface area contributed by atoms with Gasteiger partial charge in [0.2, 0.25) is 0 Å². The van der Waals surface area contributed by atoms with E-state index in [1.165, 1.54) is 0 Å². The van der Waals surface area contributed by atoms with Crippen molar-refractivity contribution < 1.29 is 14.3 Å². The smallest absolute Gasteiger partial charge is 0.315 e. The first-order valence-corrected chi connectivity index (χ1v) is 5.35. The van der Waals surface area contributed by atoms with Crippen LogP contribution in [0.25, 0.3) is 0 Å². The van der Waals surface area contributed by atoms with Crippen LogP contribution in [0.3, 0.4) is 0 Å². The number of urea groups is 1. The second-order valence-electron chi connectivity index (χ2n) is 3.62. The largest absolute Gasteiger partial charge is 0.348 e. The van der Waals surface area contributed by atoms with Crippen LogP contribution in [0.15, 0.2) is 0 Å². The zero-order chi connectivity index (χ0) is 11.9. The van der Waals surface area contributed by atoms with Crippen LogP contribution in [-0.2, 0) is 9.47 Å². The van der Waals surface area contributed by atoms with Gasteiger partial charge < -0.3 is 20.1 Å². The fourth-order valence-electron chi connectivity index (χ4n) is 1.38. The van der Waals surface area contributed by atoms with Crippen LogP contribution >= 0.6 is 0 Å². The van der Waals surface area contributed by atoms with Crippen LogP contribution < -0.4 is 10.6 Å². The molecule has 0 spiro atoms. The van der Waals surface area contributed by atoms with Gasteiger partial charge in [0.1, 0.15) is 0 Å². The third-order valence-electron chi connectivity index (χ3n) is 2.28. The number of hydrogen-bond donors (Lipinski definition) is 2. The number of carbonyl (C=O) groups is 1. The summed E-state index contributed by atoms with van der Waals surface area (Å²) in [4.78, 5) is 11.2. The van der Waals surface area contributed by atoms with Crippen molar-refractivity contribution in [2.75, 3.05) is 26.3 Å². The van der Waals surface area contributed by atoms with E-state index in [2.05, 4.69) is 22.5 Å². The van der Waals surface area contributed by atoms with Crippen LogP contribution in [0.5, 0.6) is 0 Å². The van der Waals surface area contributed by atoms with Gasteiger partial charge in [-0.15, -0.1) is 5.92 Å². The molecule has 1 rings (SSSR count). The predicted molar refractivity (Wildman–Crippen MR) is 59.8 cm³/mol. The molecule has 90 valence electrons. The highest BCUT2D eigenvalue weighted by Crippen LogP contribution is 2.21. The maximum Gasteiger partial charge on any atom is 0.315 e. The lowest BCUT2D eigenvalue weighted by atomic mass is 10.2. The Morgan fingerprint density at radius 2 is 2.06 bits per heavy atom. The van der Waals surface area contributed by atoms with Crippen LogP contribution in [0.2, 0.25) is 0 Å². The van der Waals surface area contributed by atoms with Gasteiger partial charge in [-0.25, -0.2) is 4.79 Å². The molecule has 2 amide bonds. The molecule has 1 aliphatic heterocycles. The highest BCUT2D eigenvalue weighted by Gasteiger charge is 2.30. The minimum Gasteiger partial charge on any atom is -0.348 e. The van der Waals surface area contributed by atoms with E-state index in [-0.39, 0.29) is 6.03 Å². The van der Waals surface area contributed by atoms with E-state index in [0.29, 0.717) is 32.7 Å². The monoisotopic (exact) mass is 226 g/mol. The molecule has 1 saturated heterocycles. The van der Waals surface area contributed by atoms with Gasteiger partial charge >= 0.3 is 6.03 Å². The lowest BCUT2D eigenvalue weighted by Crippen LogP contribution is -2.39. The lowest BCUT2D eigenvalue weighted by molar-refractivity contribution is -0.145. The van der Waals surface area contributed by atoms with Crippen molar-refractivity contribution in [2.45, 2.75) is 26.1 Å². The molecule has 1 heterocycles. The summed E-state index contributed by atoms with van der Waals surface area (Å²) in [6.45, 7) is 5.73. The summed E-state index contributed by atoms with van der Waals surface area (Å²) in [6, 6.07) is -0.218. The first-order valence-electron chi connectivity index (χ1n) is 5.35. The molecule has 0 aromatic heterocycles. The number of rotatable bonds is 4. The Morgan fingerprint density at radius 3 is 2.69 bits per heavy atom. The predicted octanol–water partition coefficient (Wildman–Crippen LogP) is 0.462. The molecule has 0 bridgehead atoms. The van der Waals surface area contributed by atoms with Crippen LogP contribution in [0, 0.1) is 11.8 Å². The molecule has 0 atom stereocenters. The Labute approximate surface area is 95.9 Å². The second-order valence-corrected chi connectivity index (χ2v) is 3.62. The summed E-state index contributed by atoms with van der Waals surface area (Å²) in [5, 5.41) is 5.33. The summed E-state index contributed by atoms with van der Waals surface area (Å²) in [5.74, 6) is 4.90. The van der Waals surface area contributed by atoms with Crippen LogP contribution in [-0.4, -0.2) is 38.1 Å². The molecule has 0 saturated carbocycles. The van der Waals surface area contributed by atoms with E-state index in [4.69, 9.17) is 9.47 Å². The molecule has 0 unspecified atom stereocenters. The highest BCUT2D eigenvalue weighted by molar-refractivity contribution is 5.74. The molecule has 2 N–H and O–H groups in total. The summed E-state index contributed by atoms with van der Waals surface area (Å²) < 4.78 is 10.8. The molecular formula is C11H18N2O3. The molecule has 0 aromatic rings. The zero-order valence-corrected chi connectivity index (χ0v) is 9.76. The van der Waals surface area contributed by atoms with Crippen LogP contribution in [0.4, 0.5) is 4.79 Å². The molecule has 1 fully saturated rings. The minimum atomic E-state index is -0.545. The van der Waals surface area contributed by atoms with E-state index in [9.17, 15) is 4.79 Å². The normalized spacial score (nSPS) is 17.4. The summed E-state index contributed by atoms with van der Waals surface area (Å²) in [7, 11) is 0. The average molecular weight is 226 g/mol. The first-order chi connectivity index (χ1) is 7.66. The Morgan fingerprint density at radius 1 is 1.38 bits per heavy atom. The molecular weight excluding hydrogens is 208 g/mol. The molecule has 5 nitrogen and oxygen atoms in total. The Bertz CT molecular complexity index is 287. The van der Waals surface area contributed by atoms with Gasteiger partial charge in [0, 0.05) is 13.0 Å². The lowest BCUT2D eigenvalue weighted by Gasteiger charge is -2.22. The van der Waals surface area contributed by atoms with Gasteiger partial charge in [0.25, 0.3) is 0 Å². The topological polar surface area (TPSA) is 59.6 Å². The zero-order valence-electron chi connectivity index (χ0n) is 9.76. The molecule has 16 heavy (non-hydrogen) atoms. The quantitative estimate of drug-likeness (QED) is 0.685. The van der Waals surface area contributed by atoms with Gasteiger partial charge in [0.15, 0.2) is 5.79 Å². The maximum absolute atomic E-state index is 11.2. The summed E-state index contributed by atoms with van der Waals surface area (Å²) in [5.41, 5.74) is 0. The van der Waals surface area contributed by atoms with Crippen LogP contribution in [0.1, 0.15) is 20.3 Å². The first kappa shape index (κ1) is 12.8. The summed E-state index contributed by atoms with van der Waals surface area (Å²) in [6.07, 6.45) is 0.639. The van der Waals surface area contributed by atoms with Crippen molar-refractivity contribution in [1.82, 2.24) is 10.6 Å². The van der Waals surface area contributed by atoms with E-state index < -0.39 is 5.79 Å². The van der Waals surface area contributed by atoms with Crippen molar-refractivity contribution in [1.29, 1.82) is 0 Å². The molecule has 0 aromatic carbocycles. The SMILES string of the molecule is CC#CCNC(=O)NCCC1(C)OCCO1. The van der Waals surface area contributed by atoms with Crippen molar-refractivity contribution in [3.63, 3.8) is 0 Å². The number of ether oxygens (including phenoxy) is 2. The highest BCUT2D eigenvalue weighted by atomic mass is 16.7. The van der Waals surface area contributed by atoms with Gasteiger partial charge in [-0.05, 0) is 13.8 Å². The van der Waals surface area contributed by atoms with Crippen molar-refractivity contribution in [3.05, 3.63) is 0 Å². The average Bonchev–Trinajstić information content (AvgIpc) is 2.66. The number of amides is 2. The Balaban J connectivity index is 2.09. The molecule has 0 radical (unpaired) electrons. The fourth-order valence-corrected chi connectivity index (χ4v) is 1.38. The van der Waals surface area contributed by atoms with Crippen molar-refractivity contribution in [2.24, 2.45) is 0 Å². The van der Waals surface area contributed by atoms with E-state index in [1.807, 2.05) is 6.92 Å². The van der Waals surface area contributed by atoms with Crippen molar-refractivity contribution >= 4 is 6.03 Å². The fraction of sp³-hybridized carbons (Fsp3) is 0.727. The maximum atomic E-state index is 11.2. The Kier molecular flexibility index (Phi) is 5.09. The van der Waals surface area contributed by atoms with E-state index in [0.717, 1.165) is 0 Å².